The van der Waals surface area contributed by atoms with Gasteiger partial charge in [0.1, 0.15) is 0 Å². The fourth-order valence-electron chi connectivity index (χ4n) is 2.53. The van der Waals surface area contributed by atoms with Crippen molar-refractivity contribution in [1.82, 2.24) is 20.2 Å². The Morgan fingerprint density at radius 3 is 2.82 bits per heavy atom. The summed E-state index contributed by atoms with van der Waals surface area (Å²) in [6.07, 6.45) is 1.83. The van der Waals surface area contributed by atoms with Crippen LogP contribution in [0.25, 0.3) is 11.0 Å². The number of nitrogens with zero attached hydrogens (tertiary/aromatic N) is 2. The van der Waals surface area contributed by atoms with E-state index in [2.05, 4.69) is 20.2 Å². The molecular weight excluding hydrogens is 323 g/mol. The maximum atomic E-state index is 12.0. The van der Waals surface area contributed by atoms with Crippen LogP contribution in [0.3, 0.4) is 0 Å². The molecule has 3 rings (SSSR count). The number of imidazole rings is 1. The molecule has 0 saturated carbocycles. The zero-order valence-electron chi connectivity index (χ0n) is 12.5. The smallest absolute Gasteiger partial charge is 0.223 e. The van der Waals surface area contributed by atoms with Gasteiger partial charge in [-0.15, -0.1) is 24.8 Å². The molecule has 2 aromatic rings. The highest BCUT2D eigenvalue weighted by molar-refractivity contribution is 5.85. The van der Waals surface area contributed by atoms with Gasteiger partial charge in [-0.1, -0.05) is 19.1 Å². The summed E-state index contributed by atoms with van der Waals surface area (Å²) in [4.78, 5) is 16.3. The van der Waals surface area contributed by atoms with Crippen molar-refractivity contribution in [3.05, 3.63) is 30.6 Å². The van der Waals surface area contributed by atoms with Gasteiger partial charge in [-0.2, -0.15) is 0 Å². The van der Waals surface area contributed by atoms with Crippen molar-refractivity contribution >= 4 is 41.8 Å². The predicted molar refractivity (Wildman–Crippen MR) is 92.8 cm³/mol. The number of carbonyl (C=O) groups is 1. The first-order valence-electron chi connectivity index (χ1n) is 7.14. The van der Waals surface area contributed by atoms with Crippen LogP contribution in [0.5, 0.6) is 0 Å². The molecule has 1 fully saturated rings. The fraction of sp³-hybridized carbons (Fsp3) is 0.467. The van der Waals surface area contributed by atoms with Gasteiger partial charge in [0.2, 0.25) is 5.91 Å². The van der Waals surface area contributed by atoms with Crippen LogP contribution in [-0.2, 0) is 11.3 Å². The largest absolute Gasteiger partial charge is 0.354 e. The van der Waals surface area contributed by atoms with Crippen LogP contribution in [0.4, 0.5) is 0 Å². The van der Waals surface area contributed by atoms with E-state index in [1.165, 1.54) is 0 Å². The Balaban J connectivity index is 0.00000121. The number of nitrogens with one attached hydrogen (secondary N) is 2. The molecule has 1 unspecified atom stereocenters. The first-order chi connectivity index (χ1) is 9.75. The summed E-state index contributed by atoms with van der Waals surface area (Å²) >= 11 is 0. The number of carbonyl (C=O) groups excluding carboxylic acids is 1. The van der Waals surface area contributed by atoms with E-state index < -0.39 is 0 Å². The Morgan fingerprint density at radius 1 is 1.41 bits per heavy atom. The zero-order valence-corrected chi connectivity index (χ0v) is 14.1. The Labute approximate surface area is 142 Å². The molecule has 2 heterocycles. The molecule has 1 amide bonds. The Hall–Kier alpha value is -1.30. The molecule has 1 atom stereocenters. The van der Waals surface area contributed by atoms with Gasteiger partial charge in [0.05, 0.1) is 17.4 Å². The number of halogens is 2. The van der Waals surface area contributed by atoms with E-state index >= 15 is 0 Å². The lowest BCUT2D eigenvalue weighted by molar-refractivity contribution is -0.126. The highest BCUT2D eigenvalue weighted by Crippen LogP contribution is 2.15. The number of hydrogen-bond acceptors (Lipinski definition) is 3. The van der Waals surface area contributed by atoms with Crippen LogP contribution in [0, 0.1) is 11.8 Å². The number of amides is 1. The second kappa shape index (κ2) is 8.36. The van der Waals surface area contributed by atoms with Crippen molar-refractivity contribution in [2.45, 2.75) is 13.5 Å². The SMILES string of the molecule is CC(C(=O)NCCn1cnc2ccccc21)C1CNC1.Cl.Cl. The molecule has 1 aromatic heterocycles. The van der Waals surface area contributed by atoms with Crippen LogP contribution in [0.15, 0.2) is 30.6 Å². The summed E-state index contributed by atoms with van der Waals surface area (Å²) in [6, 6.07) is 8.03. The molecule has 1 aliphatic rings. The highest BCUT2D eigenvalue weighted by Gasteiger charge is 2.28. The first-order valence-corrected chi connectivity index (χ1v) is 7.14. The van der Waals surface area contributed by atoms with E-state index in [-0.39, 0.29) is 36.6 Å². The van der Waals surface area contributed by atoms with E-state index in [9.17, 15) is 4.79 Å². The van der Waals surface area contributed by atoms with Crippen LogP contribution in [-0.4, -0.2) is 35.1 Å². The van der Waals surface area contributed by atoms with Crippen molar-refractivity contribution in [1.29, 1.82) is 0 Å². The summed E-state index contributed by atoms with van der Waals surface area (Å²) in [7, 11) is 0. The van der Waals surface area contributed by atoms with Crippen molar-refractivity contribution in [2.75, 3.05) is 19.6 Å². The topological polar surface area (TPSA) is 59.0 Å². The minimum atomic E-state index is 0. The van der Waals surface area contributed by atoms with Crippen molar-refractivity contribution in [2.24, 2.45) is 11.8 Å². The summed E-state index contributed by atoms with van der Waals surface area (Å²) in [6.45, 7) is 5.32. The quantitative estimate of drug-likeness (QED) is 0.870. The molecule has 1 saturated heterocycles. The summed E-state index contributed by atoms with van der Waals surface area (Å²) in [5, 5.41) is 6.22. The molecule has 0 radical (unpaired) electrons. The Bertz CT molecular complexity index is 612. The van der Waals surface area contributed by atoms with E-state index in [4.69, 9.17) is 0 Å². The lowest BCUT2D eigenvalue weighted by atomic mass is 9.88. The minimum Gasteiger partial charge on any atom is -0.354 e. The molecule has 7 heteroatoms. The number of para-hydroxylation sites is 2. The third-order valence-corrected chi connectivity index (χ3v) is 4.11. The second-order valence-corrected chi connectivity index (χ2v) is 5.42. The average molecular weight is 345 g/mol. The lowest BCUT2D eigenvalue weighted by Crippen LogP contribution is -2.49. The number of rotatable bonds is 5. The third-order valence-electron chi connectivity index (χ3n) is 4.11. The zero-order chi connectivity index (χ0) is 13.9. The monoisotopic (exact) mass is 344 g/mol. The number of benzene rings is 1. The van der Waals surface area contributed by atoms with Gasteiger partial charge in [0, 0.05) is 19.0 Å². The molecule has 5 nitrogen and oxygen atoms in total. The molecule has 0 bridgehead atoms. The van der Waals surface area contributed by atoms with Crippen LogP contribution in [0.1, 0.15) is 6.92 Å². The van der Waals surface area contributed by atoms with Gasteiger partial charge in [0.25, 0.3) is 0 Å². The molecule has 1 aliphatic heterocycles. The molecule has 22 heavy (non-hydrogen) atoms. The number of hydrogen-bond donors (Lipinski definition) is 2. The number of aromatic nitrogens is 2. The minimum absolute atomic E-state index is 0. The van der Waals surface area contributed by atoms with Gasteiger partial charge in [-0.05, 0) is 31.1 Å². The van der Waals surface area contributed by atoms with Gasteiger partial charge < -0.3 is 15.2 Å². The Kier molecular flexibility index (Phi) is 7.13. The number of fused-ring (bicyclic) bond motifs is 1. The van der Waals surface area contributed by atoms with Crippen LogP contribution < -0.4 is 10.6 Å². The van der Waals surface area contributed by atoms with Crippen molar-refractivity contribution in [3.63, 3.8) is 0 Å². The summed E-state index contributed by atoms with van der Waals surface area (Å²) in [5.74, 6) is 0.737. The average Bonchev–Trinajstić information content (AvgIpc) is 2.80. The van der Waals surface area contributed by atoms with Crippen LogP contribution >= 0.6 is 24.8 Å². The van der Waals surface area contributed by atoms with E-state index in [0.29, 0.717) is 12.5 Å². The van der Waals surface area contributed by atoms with E-state index in [1.54, 1.807) is 0 Å². The van der Waals surface area contributed by atoms with E-state index in [0.717, 1.165) is 30.7 Å². The molecular formula is C15H22Cl2N4O. The normalized spacial score (nSPS) is 15.3. The molecule has 2 N–H and O–H groups in total. The second-order valence-electron chi connectivity index (χ2n) is 5.42. The molecule has 0 aliphatic carbocycles. The third kappa shape index (κ3) is 3.91. The van der Waals surface area contributed by atoms with Gasteiger partial charge in [-0.25, -0.2) is 4.98 Å². The maximum absolute atomic E-state index is 12.0. The van der Waals surface area contributed by atoms with Gasteiger partial charge >= 0.3 is 0 Å². The summed E-state index contributed by atoms with van der Waals surface area (Å²) < 4.78 is 2.07. The Morgan fingerprint density at radius 2 is 2.14 bits per heavy atom. The fourth-order valence-corrected chi connectivity index (χ4v) is 2.53. The standard InChI is InChI=1S/C15H20N4O.2ClH/c1-11(12-8-16-9-12)15(20)17-6-7-19-10-18-13-4-2-3-5-14(13)19;;/h2-5,10-12,16H,6-9H2,1H3,(H,17,20);2*1H. The van der Waals surface area contributed by atoms with Crippen LogP contribution in [0.2, 0.25) is 0 Å². The van der Waals surface area contributed by atoms with Gasteiger partial charge in [-0.3, -0.25) is 4.79 Å². The highest BCUT2D eigenvalue weighted by atomic mass is 35.5. The maximum Gasteiger partial charge on any atom is 0.223 e. The van der Waals surface area contributed by atoms with Gasteiger partial charge in [0.15, 0.2) is 0 Å². The molecule has 1 aromatic carbocycles. The predicted octanol–water partition coefficient (Wildman–Crippen LogP) is 1.85. The molecule has 122 valence electrons. The lowest BCUT2D eigenvalue weighted by Gasteiger charge is -2.31. The van der Waals surface area contributed by atoms with Crippen molar-refractivity contribution < 1.29 is 4.79 Å². The first kappa shape index (κ1) is 18.7. The molecule has 0 spiro atoms. The summed E-state index contributed by atoms with van der Waals surface area (Å²) in [5.41, 5.74) is 2.10. The van der Waals surface area contributed by atoms with Crippen molar-refractivity contribution in [3.8, 4) is 0 Å². The van der Waals surface area contributed by atoms with E-state index in [1.807, 2.05) is 37.5 Å².